The normalized spacial score (nSPS) is 22.8. The smallest absolute Gasteiger partial charge is 0.480 e. The molecule has 0 bridgehead atoms. The van der Waals surface area contributed by atoms with Gasteiger partial charge in [-0.15, -0.1) is 23.4 Å². The number of carbonyl (C=O) groups excluding carboxylic acids is 1. The van der Waals surface area contributed by atoms with E-state index in [4.69, 9.17) is 9.15 Å². The van der Waals surface area contributed by atoms with Crippen molar-refractivity contribution in [3.63, 3.8) is 0 Å². The predicted molar refractivity (Wildman–Crippen MR) is 108 cm³/mol. The number of hydrogen-bond acceptors (Lipinski definition) is 6. The molecule has 1 atom stereocenters. The van der Waals surface area contributed by atoms with E-state index in [2.05, 4.69) is 20.3 Å². The Bertz CT molecular complexity index is 1030. The van der Waals surface area contributed by atoms with Crippen LogP contribution < -0.4 is 10.1 Å². The molecular weight excluding hydrogens is 446 g/mol. The van der Waals surface area contributed by atoms with E-state index < -0.39 is 18.6 Å². The fourth-order valence-corrected chi connectivity index (χ4v) is 3.93. The number of carbonyl (C=O) groups is 1. The molecule has 0 radical (unpaired) electrons. The maximum Gasteiger partial charge on any atom is 0.522 e. The van der Waals surface area contributed by atoms with Gasteiger partial charge < -0.3 is 14.5 Å². The highest BCUT2D eigenvalue weighted by molar-refractivity contribution is 5.81. The predicted octanol–water partition coefficient (Wildman–Crippen LogP) is 4.29. The topological polar surface area (TPSA) is 86.5 Å². The first-order chi connectivity index (χ1) is 15.7. The Morgan fingerprint density at radius 2 is 2.09 bits per heavy atom. The van der Waals surface area contributed by atoms with Gasteiger partial charge in [0.15, 0.2) is 6.10 Å². The number of ether oxygens (including phenoxy) is 2. The zero-order valence-electron chi connectivity index (χ0n) is 17.8. The number of nitrogens with zero attached hydrogens (tertiary/aromatic N) is 2. The second-order valence-electron chi connectivity index (χ2n) is 8.05. The zero-order chi connectivity index (χ0) is 23.6. The van der Waals surface area contributed by atoms with Crippen molar-refractivity contribution in [3.8, 4) is 5.75 Å². The van der Waals surface area contributed by atoms with Gasteiger partial charge in [0, 0.05) is 18.0 Å². The number of alkyl halides is 3. The number of hydrogen-bond donors (Lipinski definition) is 1. The van der Waals surface area contributed by atoms with Crippen molar-refractivity contribution in [1.29, 1.82) is 0 Å². The van der Waals surface area contributed by atoms with Crippen molar-refractivity contribution in [1.82, 2.24) is 15.5 Å². The van der Waals surface area contributed by atoms with Crippen LogP contribution in [0.3, 0.4) is 0 Å². The third-order valence-electron chi connectivity index (χ3n) is 5.76. The molecule has 1 unspecified atom stereocenters. The first-order valence-corrected chi connectivity index (χ1v) is 10.7. The highest BCUT2D eigenvalue weighted by Crippen LogP contribution is 2.41. The molecule has 2 heterocycles. The van der Waals surface area contributed by atoms with E-state index in [1.165, 1.54) is 18.2 Å². The molecule has 7 nitrogen and oxygen atoms in total. The lowest BCUT2D eigenvalue weighted by Gasteiger charge is -2.32. The van der Waals surface area contributed by atoms with Gasteiger partial charge in [-0.05, 0) is 62.8 Å². The van der Waals surface area contributed by atoms with Gasteiger partial charge in [0.2, 0.25) is 11.8 Å². The van der Waals surface area contributed by atoms with Crippen LogP contribution in [0.5, 0.6) is 5.75 Å². The highest BCUT2D eigenvalue weighted by Gasteiger charge is 2.42. The Labute approximate surface area is 187 Å². The van der Waals surface area contributed by atoms with Crippen molar-refractivity contribution < 1.29 is 36.2 Å². The van der Waals surface area contributed by atoms with Crippen LogP contribution in [0.2, 0.25) is 0 Å². The fourth-order valence-electron chi connectivity index (χ4n) is 3.93. The van der Waals surface area contributed by atoms with Crippen LogP contribution >= 0.6 is 0 Å². The molecule has 1 aromatic heterocycles. The van der Waals surface area contributed by atoms with Gasteiger partial charge in [0.05, 0.1) is 6.10 Å². The molecule has 178 valence electrons. The summed E-state index contributed by atoms with van der Waals surface area (Å²) >= 11 is 0. The maximum atomic E-state index is 13.3. The SMILES string of the molecule is C/C=C(\CCNC(=O)C1CCc2cc(F)ccc2O1)c1nnc(C2CC(OC(F)(F)F)C2)o1. The van der Waals surface area contributed by atoms with Crippen LogP contribution in [0.4, 0.5) is 17.6 Å². The molecule has 0 spiro atoms. The van der Waals surface area contributed by atoms with Crippen molar-refractivity contribution >= 4 is 11.5 Å². The molecular formula is C22H23F4N3O4. The van der Waals surface area contributed by atoms with E-state index in [-0.39, 0.29) is 42.3 Å². The third-order valence-corrected chi connectivity index (χ3v) is 5.76. The highest BCUT2D eigenvalue weighted by atomic mass is 19.4. The molecule has 1 aliphatic carbocycles. The number of aryl methyl sites for hydroxylation is 1. The molecule has 33 heavy (non-hydrogen) atoms. The van der Waals surface area contributed by atoms with Gasteiger partial charge >= 0.3 is 6.36 Å². The molecule has 11 heteroatoms. The lowest BCUT2D eigenvalue weighted by Crippen LogP contribution is -2.40. The first kappa shape index (κ1) is 23.2. The van der Waals surface area contributed by atoms with Gasteiger partial charge in [-0.2, -0.15) is 0 Å². The van der Waals surface area contributed by atoms with E-state index in [0.717, 1.165) is 5.56 Å². The van der Waals surface area contributed by atoms with Crippen molar-refractivity contribution in [2.24, 2.45) is 0 Å². The minimum atomic E-state index is -4.65. The van der Waals surface area contributed by atoms with E-state index in [9.17, 15) is 22.4 Å². The third kappa shape index (κ3) is 5.70. The number of benzene rings is 1. The lowest BCUT2D eigenvalue weighted by atomic mass is 9.82. The van der Waals surface area contributed by atoms with Crippen molar-refractivity contribution in [3.05, 3.63) is 47.4 Å². The van der Waals surface area contributed by atoms with E-state index in [1.807, 2.05) is 0 Å². The number of allylic oxidation sites excluding steroid dienone is 1. The maximum absolute atomic E-state index is 13.3. The summed E-state index contributed by atoms with van der Waals surface area (Å²) in [6.07, 6.45) is -2.67. The fraction of sp³-hybridized carbons (Fsp3) is 0.500. The minimum Gasteiger partial charge on any atom is -0.480 e. The molecule has 1 aromatic carbocycles. The Morgan fingerprint density at radius 3 is 2.82 bits per heavy atom. The Hall–Kier alpha value is -2.95. The number of nitrogens with one attached hydrogen (secondary N) is 1. The standard InChI is InChI=1S/C22H23F4N3O4/c1-2-12(20-28-29-21(32-20)14-10-16(11-14)33-22(24,25)26)7-8-27-19(30)18-5-3-13-9-15(23)4-6-17(13)31-18/h2,4,6,9,14,16,18H,3,5,7-8,10-11H2,1H3,(H,27,30)/b12-2+. The summed E-state index contributed by atoms with van der Waals surface area (Å²) in [5.41, 5.74) is 1.45. The second-order valence-corrected chi connectivity index (χ2v) is 8.05. The van der Waals surface area contributed by atoms with Gasteiger partial charge in [0.25, 0.3) is 5.91 Å². The van der Waals surface area contributed by atoms with Gasteiger partial charge in [-0.1, -0.05) is 6.08 Å². The number of aromatic nitrogens is 2. The van der Waals surface area contributed by atoms with Crippen LogP contribution in [-0.2, 0) is 16.0 Å². The molecule has 4 rings (SSSR count). The first-order valence-electron chi connectivity index (χ1n) is 10.7. The van der Waals surface area contributed by atoms with E-state index in [1.54, 1.807) is 13.0 Å². The van der Waals surface area contributed by atoms with Gasteiger partial charge in [-0.25, -0.2) is 4.39 Å². The summed E-state index contributed by atoms with van der Waals surface area (Å²) in [5, 5.41) is 10.8. The summed E-state index contributed by atoms with van der Waals surface area (Å²) in [5.74, 6) is 0.185. The van der Waals surface area contributed by atoms with Crippen LogP contribution in [0.15, 0.2) is 28.7 Å². The van der Waals surface area contributed by atoms with E-state index >= 15 is 0 Å². The molecule has 1 saturated carbocycles. The Morgan fingerprint density at radius 1 is 1.30 bits per heavy atom. The van der Waals surface area contributed by atoms with Gasteiger partial charge in [0.1, 0.15) is 11.6 Å². The van der Waals surface area contributed by atoms with Crippen LogP contribution in [0.1, 0.15) is 55.9 Å². The minimum absolute atomic E-state index is 0.166. The number of amides is 1. The lowest BCUT2D eigenvalue weighted by molar-refractivity contribution is -0.352. The molecule has 1 aliphatic heterocycles. The summed E-state index contributed by atoms with van der Waals surface area (Å²) < 4.78 is 65.4. The molecule has 1 N–H and O–H groups in total. The summed E-state index contributed by atoms with van der Waals surface area (Å²) in [6, 6.07) is 4.23. The summed E-state index contributed by atoms with van der Waals surface area (Å²) in [7, 11) is 0. The Balaban J connectivity index is 1.24. The summed E-state index contributed by atoms with van der Waals surface area (Å²) in [4.78, 5) is 12.5. The van der Waals surface area contributed by atoms with E-state index in [0.29, 0.717) is 37.1 Å². The molecule has 2 aromatic rings. The molecule has 1 fully saturated rings. The number of fused-ring (bicyclic) bond motifs is 1. The molecule has 2 aliphatic rings. The van der Waals surface area contributed by atoms with Crippen molar-refractivity contribution in [2.75, 3.05) is 6.54 Å². The quantitative estimate of drug-likeness (QED) is 0.609. The number of halogens is 4. The average molecular weight is 469 g/mol. The average Bonchev–Trinajstić information content (AvgIpc) is 3.21. The second kappa shape index (κ2) is 9.50. The van der Waals surface area contributed by atoms with Gasteiger partial charge in [-0.3, -0.25) is 9.53 Å². The monoisotopic (exact) mass is 469 g/mol. The zero-order valence-corrected chi connectivity index (χ0v) is 17.8. The molecule has 1 amide bonds. The number of rotatable bonds is 7. The summed E-state index contributed by atoms with van der Waals surface area (Å²) in [6.45, 7) is 2.09. The van der Waals surface area contributed by atoms with Crippen molar-refractivity contribution in [2.45, 2.75) is 63.5 Å². The Kier molecular flexibility index (Phi) is 6.68. The largest absolute Gasteiger partial charge is 0.522 e. The van der Waals surface area contributed by atoms with Crippen LogP contribution in [0.25, 0.3) is 5.57 Å². The van der Waals surface area contributed by atoms with Crippen LogP contribution in [0, 0.1) is 5.82 Å². The van der Waals surface area contributed by atoms with Crippen LogP contribution in [-0.4, -0.2) is 41.2 Å². The molecule has 0 saturated heterocycles.